The van der Waals surface area contributed by atoms with Crippen molar-refractivity contribution in [2.45, 2.75) is 19.9 Å². The van der Waals surface area contributed by atoms with Crippen LogP contribution in [0.25, 0.3) is 0 Å². The van der Waals surface area contributed by atoms with Crippen molar-refractivity contribution in [2.75, 3.05) is 13.6 Å². The van der Waals surface area contributed by atoms with Gasteiger partial charge in [-0.25, -0.2) is 0 Å². The molecule has 1 aromatic rings. The van der Waals surface area contributed by atoms with Crippen LogP contribution in [0.1, 0.15) is 17.5 Å². The molecule has 0 saturated heterocycles. The predicted molar refractivity (Wildman–Crippen MR) is 74.4 cm³/mol. The smallest absolute Gasteiger partial charge is 0.306 e. The molecule has 2 unspecified atom stereocenters. The maximum atomic E-state index is 10.8. The van der Waals surface area contributed by atoms with Gasteiger partial charge in [0, 0.05) is 17.6 Å². The van der Waals surface area contributed by atoms with Crippen LogP contribution in [0.4, 0.5) is 0 Å². The summed E-state index contributed by atoms with van der Waals surface area (Å²) in [6, 6.07) is 6.28. The molecule has 0 aliphatic heterocycles. The summed E-state index contributed by atoms with van der Waals surface area (Å²) in [5.74, 6) is -0.428. The van der Waals surface area contributed by atoms with Crippen molar-refractivity contribution in [2.24, 2.45) is 11.8 Å². The van der Waals surface area contributed by atoms with Crippen molar-refractivity contribution in [1.29, 1.82) is 0 Å². The van der Waals surface area contributed by atoms with Gasteiger partial charge in [0.15, 0.2) is 0 Å². The highest BCUT2D eigenvalue weighted by Gasteiger charge is 2.43. The van der Waals surface area contributed by atoms with Crippen LogP contribution in [0.5, 0.6) is 0 Å². The number of carbonyl (C=O) groups is 1. The van der Waals surface area contributed by atoms with E-state index >= 15 is 0 Å². The quantitative estimate of drug-likeness (QED) is 0.909. The van der Waals surface area contributed by atoms with Gasteiger partial charge in [0.25, 0.3) is 0 Å². The Balaban J connectivity index is 1.90. The van der Waals surface area contributed by atoms with E-state index in [9.17, 15) is 4.79 Å². The fourth-order valence-corrected chi connectivity index (χ4v) is 2.73. The summed E-state index contributed by atoms with van der Waals surface area (Å²) in [6.07, 6.45) is 0.830. The van der Waals surface area contributed by atoms with Crippen LogP contribution in [0.2, 0.25) is 0 Å². The van der Waals surface area contributed by atoms with Crippen LogP contribution in [0.15, 0.2) is 22.7 Å². The molecule has 0 amide bonds. The molecule has 1 N–H and O–H groups in total. The predicted octanol–water partition coefficient (Wildman–Crippen LogP) is 2.91. The fourth-order valence-electron chi connectivity index (χ4n) is 2.32. The lowest BCUT2D eigenvalue weighted by Crippen LogP contribution is -2.22. The molecule has 0 radical (unpaired) electrons. The lowest BCUT2D eigenvalue weighted by molar-refractivity contribution is -0.138. The van der Waals surface area contributed by atoms with Gasteiger partial charge >= 0.3 is 5.97 Å². The van der Waals surface area contributed by atoms with Crippen molar-refractivity contribution >= 4 is 21.9 Å². The van der Waals surface area contributed by atoms with Gasteiger partial charge in [0.05, 0.1) is 5.92 Å². The third-order valence-corrected chi connectivity index (χ3v) is 4.03. The number of rotatable bonds is 5. The standard InChI is InChI=1S/C14H18BrNO2/c1-9-3-4-12(15)5-10(9)7-16(2)8-11-6-13(11)14(17)18/h3-5,11,13H,6-8H2,1-2H3,(H,17,18). The van der Waals surface area contributed by atoms with Gasteiger partial charge in [-0.05, 0) is 49.6 Å². The monoisotopic (exact) mass is 311 g/mol. The van der Waals surface area contributed by atoms with Gasteiger partial charge in [-0.1, -0.05) is 22.0 Å². The summed E-state index contributed by atoms with van der Waals surface area (Å²) >= 11 is 3.48. The second-order valence-electron chi connectivity index (χ2n) is 5.21. The van der Waals surface area contributed by atoms with E-state index in [0.717, 1.165) is 24.0 Å². The zero-order valence-corrected chi connectivity index (χ0v) is 12.3. The number of nitrogens with zero attached hydrogens (tertiary/aromatic N) is 1. The lowest BCUT2D eigenvalue weighted by atomic mass is 10.1. The van der Waals surface area contributed by atoms with Gasteiger partial charge in [-0.2, -0.15) is 0 Å². The van der Waals surface area contributed by atoms with E-state index in [1.54, 1.807) is 0 Å². The van der Waals surface area contributed by atoms with E-state index < -0.39 is 5.97 Å². The van der Waals surface area contributed by atoms with Crippen LogP contribution in [-0.2, 0) is 11.3 Å². The number of halogens is 1. The Labute approximate surface area is 116 Å². The van der Waals surface area contributed by atoms with Crippen LogP contribution in [0.3, 0.4) is 0 Å². The summed E-state index contributed by atoms with van der Waals surface area (Å²) in [5.41, 5.74) is 2.56. The molecule has 4 heteroatoms. The molecule has 3 nitrogen and oxygen atoms in total. The van der Waals surface area contributed by atoms with E-state index in [0.29, 0.717) is 5.92 Å². The minimum atomic E-state index is -0.646. The molecule has 2 rings (SSSR count). The molecule has 0 spiro atoms. The highest BCUT2D eigenvalue weighted by Crippen LogP contribution is 2.39. The molecule has 0 heterocycles. The minimum absolute atomic E-state index is 0.115. The number of aryl methyl sites for hydroxylation is 1. The second kappa shape index (κ2) is 5.41. The Kier molecular flexibility index (Phi) is 4.07. The van der Waals surface area contributed by atoms with Crippen LogP contribution in [-0.4, -0.2) is 29.6 Å². The minimum Gasteiger partial charge on any atom is -0.481 e. The zero-order chi connectivity index (χ0) is 13.3. The van der Waals surface area contributed by atoms with Crippen molar-refractivity contribution < 1.29 is 9.90 Å². The molecule has 1 aliphatic rings. The third-order valence-electron chi connectivity index (χ3n) is 3.54. The molecule has 1 saturated carbocycles. The third kappa shape index (κ3) is 3.33. The van der Waals surface area contributed by atoms with Gasteiger partial charge in [0.2, 0.25) is 0 Å². The van der Waals surface area contributed by atoms with Crippen molar-refractivity contribution in [3.8, 4) is 0 Å². The number of benzene rings is 1. The van der Waals surface area contributed by atoms with Crippen LogP contribution < -0.4 is 0 Å². The highest BCUT2D eigenvalue weighted by atomic mass is 79.9. The Morgan fingerprint density at radius 3 is 2.89 bits per heavy atom. The van der Waals surface area contributed by atoms with Gasteiger partial charge in [-0.15, -0.1) is 0 Å². The first-order chi connectivity index (χ1) is 8.47. The molecule has 1 aliphatic carbocycles. The molecule has 18 heavy (non-hydrogen) atoms. The molecular formula is C14H18BrNO2. The Morgan fingerprint density at radius 2 is 2.28 bits per heavy atom. The van der Waals surface area contributed by atoms with E-state index in [-0.39, 0.29) is 5.92 Å². The first-order valence-electron chi connectivity index (χ1n) is 6.13. The summed E-state index contributed by atoms with van der Waals surface area (Å²) in [5, 5.41) is 8.88. The summed E-state index contributed by atoms with van der Waals surface area (Å²) in [4.78, 5) is 13.0. The Morgan fingerprint density at radius 1 is 1.56 bits per heavy atom. The normalized spacial score (nSPS) is 22.2. The summed E-state index contributed by atoms with van der Waals surface area (Å²) in [6.45, 7) is 3.84. The topological polar surface area (TPSA) is 40.5 Å². The van der Waals surface area contributed by atoms with Gasteiger partial charge < -0.3 is 10.0 Å². The molecular weight excluding hydrogens is 294 g/mol. The summed E-state index contributed by atoms with van der Waals surface area (Å²) < 4.78 is 1.09. The zero-order valence-electron chi connectivity index (χ0n) is 10.7. The molecule has 0 bridgehead atoms. The number of carboxylic acids is 1. The molecule has 2 atom stereocenters. The Bertz CT molecular complexity index is 461. The number of aliphatic carboxylic acids is 1. The van der Waals surface area contributed by atoms with Gasteiger partial charge in [-0.3, -0.25) is 4.79 Å². The van der Waals surface area contributed by atoms with Crippen molar-refractivity contribution in [3.05, 3.63) is 33.8 Å². The van der Waals surface area contributed by atoms with Crippen molar-refractivity contribution in [1.82, 2.24) is 4.90 Å². The largest absolute Gasteiger partial charge is 0.481 e. The molecule has 98 valence electrons. The van der Waals surface area contributed by atoms with E-state index in [1.165, 1.54) is 11.1 Å². The number of hydrogen-bond donors (Lipinski definition) is 1. The lowest BCUT2D eigenvalue weighted by Gasteiger charge is -2.18. The average molecular weight is 312 g/mol. The molecule has 1 aromatic carbocycles. The second-order valence-corrected chi connectivity index (χ2v) is 6.12. The molecule has 0 aromatic heterocycles. The van der Waals surface area contributed by atoms with E-state index in [2.05, 4.69) is 46.9 Å². The number of hydrogen-bond acceptors (Lipinski definition) is 2. The average Bonchev–Trinajstić information content (AvgIpc) is 3.02. The van der Waals surface area contributed by atoms with Crippen LogP contribution in [0, 0.1) is 18.8 Å². The fraction of sp³-hybridized carbons (Fsp3) is 0.500. The Hall–Kier alpha value is -0.870. The first kappa shape index (κ1) is 13.6. The summed E-state index contributed by atoms with van der Waals surface area (Å²) in [7, 11) is 2.05. The first-order valence-corrected chi connectivity index (χ1v) is 6.93. The maximum Gasteiger partial charge on any atom is 0.306 e. The van der Waals surface area contributed by atoms with Crippen molar-refractivity contribution in [3.63, 3.8) is 0 Å². The maximum absolute atomic E-state index is 10.8. The van der Waals surface area contributed by atoms with Gasteiger partial charge in [0.1, 0.15) is 0 Å². The molecule has 1 fully saturated rings. The number of carboxylic acid groups (broad SMARTS) is 1. The SMILES string of the molecule is Cc1ccc(Br)cc1CN(C)CC1CC1C(=O)O. The highest BCUT2D eigenvalue weighted by molar-refractivity contribution is 9.10. The van der Waals surface area contributed by atoms with E-state index in [1.807, 2.05) is 6.07 Å². The van der Waals surface area contributed by atoms with Crippen LogP contribution >= 0.6 is 15.9 Å². The van der Waals surface area contributed by atoms with E-state index in [4.69, 9.17) is 5.11 Å².